The second-order valence-electron chi connectivity index (χ2n) is 6.47. The summed E-state index contributed by atoms with van der Waals surface area (Å²) in [5.41, 5.74) is 3.72. The summed E-state index contributed by atoms with van der Waals surface area (Å²) >= 11 is 0. The van der Waals surface area contributed by atoms with Crippen LogP contribution in [0.1, 0.15) is 24.0 Å². The minimum atomic E-state index is -0.561. The molecule has 1 aliphatic heterocycles. The summed E-state index contributed by atoms with van der Waals surface area (Å²) in [4.78, 5) is 17.9. The highest BCUT2D eigenvalue weighted by molar-refractivity contribution is 5.90. The highest BCUT2D eigenvalue weighted by Crippen LogP contribution is 2.17. The number of hydrogen-bond acceptors (Lipinski definition) is 5. The summed E-state index contributed by atoms with van der Waals surface area (Å²) in [6, 6.07) is 14.8. The lowest BCUT2D eigenvalue weighted by atomic mass is 10.0. The first kappa shape index (κ1) is 23.9. The third-order valence-corrected chi connectivity index (χ3v) is 4.51. The Hall–Kier alpha value is -2.12. The van der Waals surface area contributed by atoms with Gasteiger partial charge in [0.1, 0.15) is 5.82 Å². The van der Waals surface area contributed by atoms with Crippen LogP contribution in [0, 0.1) is 0 Å². The van der Waals surface area contributed by atoms with Gasteiger partial charge in [-0.15, -0.1) is 24.8 Å². The zero-order valence-electron chi connectivity index (χ0n) is 15.5. The molecule has 152 valence electrons. The Labute approximate surface area is 177 Å². The quantitative estimate of drug-likeness (QED) is 0.375. The third kappa shape index (κ3) is 7.48. The van der Waals surface area contributed by atoms with Crippen molar-refractivity contribution in [3.63, 3.8) is 0 Å². The van der Waals surface area contributed by atoms with E-state index < -0.39 is 5.91 Å². The first-order valence-electron chi connectivity index (χ1n) is 8.84. The number of pyridine rings is 1. The van der Waals surface area contributed by atoms with Crippen LogP contribution in [-0.4, -0.2) is 40.1 Å². The van der Waals surface area contributed by atoms with Crippen LogP contribution in [0.5, 0.6) is 0 Å². The predicted octanol–water partition coefficient (Wildman–Crippen LogP) is 3.52. The molecule has 3 N–H and O–H groups in total. The zero-order chi connectivity index (χ0) is 18.2. The van der Waals surface area contributed by atoms with Crippen LogP contribution in [0.25, 0.3) is 6.08 Å². The van der Waals surface area contributed by atoms with Crippen LogP contribution in [-0.2, 0) is 11.3 Å². The fourth-order valence-corrected chi connectivity index (χ4v) is 3.08. The number of carbonyl (C=O) groups is 1. The lowest BCUT2D eigenvalue weighted by Gasteiger charge is -2.32. The molecule has 0 spiro atoms. The number of anilines is 1. The summed E-state index contributed by atoms with van der Waals surface area (Å²) < 4.78 is 0. The number of piperidine rings is 1. The molecule has 3 rings (SSSR count). The van der Waals surface area contributed by atoms with Gasteiger partial charge in [0.2, 0.25) is 0 Å². The Morgan fingerprint density at radius 2 is 1.86 bits per heavy atom. The molecule has 28 heavy (non-hydrogen) atoms. The normalized spacial score (nSPS) is 14.8. The summed E-state index contributed by atoms with van der Waals surface area (Å²) in [6.45, 7) is 3.15. The molecule has 0 aliphatic carbocycles. The topological polar surface area (TPSA) is 77.5 Å². The SMILES string of the molecule is Cl.Cl.O=C(C=Cc1ccc(NC2CCN(Cc3ccccc3)CC2)nc1)NO. The van der Waals surface area contributed by atoms with E-state index >= 15 is 0 Å². The number of halogens is 2. The highest BCUT2D eigenvalue weighted by atomic mass is 35.5. The van der Waals surface area contributed by atoms with Gasteiger partial charge in [0, 0.05) is 37.9 Å². The summed E-state index contributed by atoms with van der Waals surface area (Å²) in [6.07, 6.45) is 6.74. The Balaban J connectivity index is 0.00000196. The maximum absolute atomic E-state index is 11.0. The molecule has 1 saturated heterocycles. The minimum absolute atomic E-state index is 0. The van der Waals surface area contributed by atoms with E-state index in [0.29, 0.717) is 6.04 Å². The van der Waals surface area contributed by atoms with Crippen LogP contribution in [0.15, 0.2) is 54.7 Å². The monoisotopic (exact) mass is 424 g/mol. The molecule has 2 heterocycles. The van der Waals surface area contributed by atoms with E-state index in [4.69, 9.17) is 5.21 Å². The van der Waals surface area contributed by atoms with Crippen LogP contribution in [0.2, 0.25) is 0 Å². The van der Waals surface area contributed by atoms with Crippen molar-refractivity contribution < 1.29 is 10.0 Å². The molecule has 0 saturated carbocycles. The Morgan fingerprint density at radius 3 is 2.46 bits per heavy atom. The molecule has 6 nitrogen and oxygen atoms in total. The maximum atomic E-state index is 11.0. The molecule has 8 heteroatoms. The average molecular weight is 425 g/mol. The van der Waals surface area contributed by atoms with Crippen molar-refractivity contribution in [2.75, 3.05) is 18.4 Å². The van der Waals surface area contributed by atoms with E-state index in [1.165, 1.54) is 11.6 Å². The fraction of sp³-hybridized carbons (Fsp3) is 0.300. The summed E-state index contributed by atoms with van der Waals surface area (Å²) in [5, 5.41) is 11.9. The predicted molar refractivity (Wildman–Crippen MR) is 116 cm³/mol. The largest absolute Gasteiger partial charge is 0.367 e. The second kappa shape index (κ2) is 12.4. The number of amides is 1. The Bertz CT molecular complexity index is 734. The number of benzene rings is 1. The van der Waals surface area contributed by atoms with Crippen LogP contribution >= 0.6 is 24.8 Å². The van der Waals surface area contributed by atoms with Gasteiger partial charge < -0.3 is 5.32 Å². The summed E-state index contributed by atoms with van der Waals surface area (Å²) in [7, 11) is 0. The molecular weight excluding hydrogens is 399 g/mol. The van der Waals surface area contributed by atoms with Crippen molar-refractivity contribution in [1.82, 2.24) is 15.4 Å². The summed E-state index contributed by atoms with van der Waals surface area (Å²) in [5.74, 6) is 0.282. The first-order chi connectivity index (χ1) is 12.7. The van der Waals surface area contributed by atoms with Crippen molar-refractivity contribution in [3.05, 3.63) is 65.9 Å². The van der Waals surface area contributed by atoms with E-state index in [-0.39, 0.29) is 24.8 Å². The van der Waals surface area contributed by atoms with E-state index in [2.05, 4.69) is 45.5 Å². The van der Waals surface area contributed by atoms with Gasteiger partial charge in [0.25, 0.3) is 5.91 Å². The molecule has 2 aromatic rings. The standard InChI is InChI=1S/C20H24N4O2.2ClH/c25-20(23-26)9-7-16-6-8-19(21-14-16)22-18-10-12-24(13-11-18)15-17-4-2-1-3-5-17;;/h1-9,14,18,26H,10-13,15H2,(H,21,22)(H,23,25);2*1H. The van der Waals surface area contributed by atoms with E-state index in [1.54, 1.807) is 17.8 Å². The number of nitrogens with zero attached hydrogens (tertiary/aromatic N) is 2. The molecule has 1 aliphatic rings. The van der Waals surface area contributed by atoms with Gasteiger partial charge in [-0.25, -0.2) is 10.5 Å². The number of carbonyl (C=O) groups excluding carboxylic acids is 1. The van der Waals surface area contributed by atoms with Gasteiger partial charge >= 0.3 is 0 Å². The molecule has 1 amide bonds. The Kier molecular flexibility index (Phi) is 10.6. The molecule has 1 fully saturated rings. The van der Waals surface area contributed by atoms with Gasteiger partial charge in [0.05, 0.1) is 0 Å². The maximum Gasteiger partial charge on any atom is 0.267 e. The van der Waals surface area contributed by atoms with Crippen molar-refractivity contribution in [3.8, 4) is 0 Å². The van der Waals surface area contributed by atoms with Crippen molar-refractivity contribution in [1.29, 1.82) is 0 Å². The van der Waals surface area contributed by atoms with Gasteiger partial charge in [-0.05, 0) is 42.2 Å². The van der Waals surface area contributed by atoms with Gasteiger partial charge in [-0.1, -0.05) is 30.3 Å². The lowest BCUT2D eigenvalue weighted by Crippen LogP contribution is -2.38. The second-order valence-corrected chi connectivity index (χ2v) is 6.47. The van der Waals surface area contributed by atoms with Crippen LogP contribution in [0.4, 0.5) is 5.82 Å². The number of rotatable bonds is 6. The number of aromatic nitrogens is 1. The van der Waals surface area contributed by atoms with E-state index in [9.17, 15) is 4.79 Å². The molecule has 0 atom stereocenters. The third-order valence-electron chi connectivity index (χ3n) is 4.51. The van der Waals surface area contributed by atoms with E-state index in [0.717, 1.165) is 43.9 Å². The lowest BCUT2D eigenvalue weighted by molar-refractivity contribution is -0.124. The number of likely N-dealkylation sites (tertiary alicyclic amines) is 1. The van der Waals surface area contributed by atoms with Crippen LogP contribution < -0.4 is 10.8 Å². The number of hydrogen-bond donors (Lipinski definition) is 3. The molecule has 1 aromatic carbocycles. The number of hydroxylamine groups is 1. The van der Waals surface area contributed by atoms with E-state index in [1.807, 2.05) is 12.1 Å². The molecular formula is C20H26Cl2N4O2. The van der Waals surface area contributed by atoms with Gasteiger partial charge in [-0.3, -0.25) is 14.9 Å². The molecule has 1 aromatic heterocycles. The number of nitrogens with one attached hydrogen (secondary N) is 2. The first-order valence-corrected chi connectivity index (χ1v) is 8.84. The smallest absolute Gasteiger partial charge is 0.267 e. The average Bonchev–Trinajstić information content (AvgIpc) is 2.69. The molecule has 0 bridgehead atoms. The molecule has 0 radical (unpaired) electrons. The van der Waals surface area contributed by atoms with Crippen molar-refractivity contribution in [2.24, 2.45) is 0 Å². The highest BCUT2D eigenvalue weighted by Gasteiger charge is 2.19. The van der Waals surface area contributed by atoms with Crippen molar-refractivity contribution in [2.45, 2.75) is 25.4 Å². The molecule has 0 unspecified atom stereocenters. The van der Waals surface area contributed by atoms with Crippen molar-refractivity contribution >= 4 is 42.6 Å². The van der Waals surface area contributed by atoms with Gasteiger partial charge in [0.15, 0.2) is 0 Å². The van der Waals surface area contributed by atoms with Crippen LogP contribution in [0.3, 0.4) is 0 Å². The van der Waals surface area contributed by atoms with Gasteiger partial charge in [-0.2, -0.15) is 0 Å². The Morgan fingerprint density at radius 1 is 1.14 bits per heavy atom. The zero-order valence-corrected chi connectivity index (χ0v) is 17.1. The minimum Gasteiger partial charge on any atom is -0.367 e. The fourth-order valence-electron chi connectivity index (χ4n) is 3.08.